The van der Waals surface area contributed by atoms with E-state index in [4.69, 9.17) is 4.74 Å². The van der Waals surface area contributed by atoms with Crippen LogP contribution in [0, 0.1) is 11.8 Å². The Morgan fingerprint density at radius 2 is 2.12 bits per heavy atom. The molecule has 0 unspecified atom stereocenters. The van der Waals surface area contributed by atoms with Crippen molar-refractivity contribution < 1.29 is 9.53 Å². The fourth-order valence-electron chi connectivity index (χ4n) is 2.06. The molecule has 0 aliphatic heterocycles. The van der Waals surface area contributed by atoms with Gasteiger partial charge in [-0.05, 0) is 43.7 Å². The van der Waals surface area contributed by atoms with E-state index in [0.29, 0.717) is 11.5 Å². The minimum atomic E-state index is 0.0669. The van der Waals surface area contributed by atoms with Crippen molar-refractivity contribution in [2.75, 3.05) is 6.61 Å². The molecule has 1 aromatic carbocycles. The number of carbonyl (C=O) groups is 1. The van der Waals surface area contributed by atoms with Gasteiger partial charge >= 0.3 is 0 Å². The highest BCUT2D eigenvalue weighted by Crippen LogP contribution is 2.34. The zero-order valence-electron chi connectivity index (χ0n) is 9.90. The van der Waals surface area contributed by atoms with Crippen LogP contribution in [0.15, 0.2) is 24.3 Å². The van der Waals surface area contributed by atoms with Gasteiger partial charge < -0.3 is 4.74 Å². The minimum Gasteiger partial charge on any atom is -0.493 e. The molecular formula is C14H18O2. The molecule has 0 N–H and O–H groups in total. The van der Waals surface area contributed by atoms with E-state index in [1.807, 2.05) is 24.3 Å². The summed E-state index contributed by atoms with van der Waals surface area (Å²) in [5, 5.41) is 0. The van der Waals surface area contributed by atoms with Crippen molar-refractivity contribution in [2.24, 2.45) is 11.8 Å². The maximum absolute atomic E-state index is 11.4. The van der Waals surface area contributed by atoms with Crippen LogP contribution in [0.2, 0.25) is 0 Å². The van der Waals surface area contributed by atoms with Gasteiger partial charge in [-0.15, -0.1) is 0 Å². The molecule has 1 saturated carbocycles. The SMILES string of the molecule is CC(=O)c1ccccc1OC[C@@H]1CC[C@H]1C. The molecule has 2 heteroatoms. The first-order valence-corrected chi connectivity index (χ1v) is 5.91. The molecule has 1 fully saturated rings. The zero-order chi connectivity index (χ0) is 11.5. The summed E-state index contributed by atoms with van der Waals surface area (Å²) in [6.45, 7) is 4.58. The Hall–Kier alpha value is -1.31. The Morgan fingerprint density at radius 1 is 1.38 bits per heavy atom. The quantitative estimate of drug-likeness (QED) is 0.725. The highest BCUT2D eigenvalue weighted by atomic mass is 16.5. The molecule has 0 aromatic heterocycles. The lowest BCUT2D eigenvalue weighted by Gasteiger charge is -2.33. The Morgan fingerprint density at radius 3 is 2.69 bits per heavy atom. The van der Waals surface area contributed by atoms with E-state index < -0.39 is 0 Å². The molecule has 2 nitrogen and oxygen atoms in total. The summed E-state index contributed by atoms with van der Waals surface area (Å²) in [7, 11) is 0. The van der Waals surface area contributed by atoms with Crippen LogP contribution in [0.25, 0.3) is 0 Å². The zero-order valence-corrected chi connectivity index (χ0v) is 9.90. The molecule has 2 rings (SSSR count). The van der Waals surface area contributed by atoms with Crippen LogP contribution in [-0.2, 0) is 0 Å². The fraction of sp³-hybridized carbons (Fsp3) is 0.500. The van der Waals surface area contributed by atoms with Crippen LogP contribution in [0.5, 0.6) is 5.75 Å². The number of rotatable bonds is 4. The van der Waals surface area contributed by atoms with Gasteiger partial charge in [0.15, 0.2) is 5.78 Å². The summed E-state index contributed by atoms with van der Waals surface area (Å²) in [6.07, 6.45) is 2.56. The maximum Gasteiger partial charge on any atom is 0.163 e. The number of carbonyl (C=O) groups excluding carboxylic acids is 1. The molecule has 0 saturated heterocycles. The van der Waals surface area contributed by atoms with Crippen LogP contribution < -0.4 is 4.74 Å². The van der Waals surface area contributed by atoms with E-state index >= 15 is 0 Å². The molecule has 86 valence electrons. The number of hydrogen-bond donors (Lipinski definition) is 0. The van der Waals surface area contributed by atoms with Gasteiger partial charge in [0.2, 0.25) is 0 Å². The molecule has 0 amide bonds. The highest BCUT2D eigenvalue weighted by molar-refractivity contribution is 5.96. The lowest BCUT2D eigenvalue weighted by Crippen LogP contribution is -2.28. The standard InChI is InChI=1S/C14H18O2/c1-10-7-8-12(10)9-16-14-6-4-3-5-13(14)11(2)15/h3-6,10,12H,7-9H2,1-2H3/t10-,12+/m1/s1. The predicted octanol–water partition coefficient (Wildman–Crippen LogP) is 3.31. The average molecular weight is 218 g/mol. The van der Waals surface area contributed by atoms with Crippen LogP contribution in [-0.4, -0.2) is 12.4 Å². The number of benzene rings is 1. The normalized spacial score (nSPS) is 23.6. The maximum atomic E-state index is 11.4. The predicted molar refractivity (Wildman–Crippen MR) is 63.8 cm³/mol. The third-order valence-corrected chi connectivity index (χ3v) is 3.52. The highest BCUT2D eigenvalue weighted by Gasteiger charge is 2.27. The van der Waals surface area contributed by atoms with Crippen molar-refractivity contribution in [1.29, 1.82) is 0 Å². The summed E-state index contributed by atoms with van der Waals surface area (Å²) in [4.78, 5) is 11.4. The van der Waals surface area contributed by atoms with Crippen LogP contribution in [0.4, 0.5) is 0 Å². The Bertz CT molecular complexity index is 384. The molecule has 1 aromatic rings. The molecule has 1 aliphatic carbocycles. The Labute approximate surface area is 96.6 Å². The largest absolute Gasteiger partial charge is 0.493 e. The van der Waals surface area contributed by atoms with E-state index in [2.05, 4.69) is 6.92 Å². The van der Waals surface area contributed by atoms with Gasteiger partial charge in [-0.2, -0.15) is 0 Å². The van der Waals surface area contributed by atoms with E-state index in [-0.39, 0.29) is 5.78 Å². The van der Waals surface area contributed by atoms with Gasteiger partial charge in [0.1, 0.15) is 5.75 Å². The van der Waals surface area contributed by atoms with E-state index in [1.54, 1.807) is 6.92 Å². The van der Waals surface area contributed by atoms with E-state index in [9.17, 15) is 4.79 Å². The van der Waals surface area contributed by atoms with Gasteiger partial charge in [0, 0.05) is 0 Å². The van der Waals surface area contributed by atoms with Crippen molar-refractivity contribution in [3.05, 3.63) is 29.8 Å². The van der Waals surface area contributed by atoms with Crippen LogP contribution in [0.3, 0.4) is 0 Å². The summed E-state index contributed by atoms with van der Waals surface area (Å²) >= 11 is 0. The summed E-state index contributed by atoms with van der Waals surface area (Å²) in [6, 6.07) is 7.48. The molecule has 2 atom stereocenters. The van der Waals surface area contributed by atoms with Crippen LogP contribution >= 0.6 is 0 Å². The van der Waals surface area contributed by atoms with Crippen LogP contribution in [0.1, 0.15) is 37.0 Å². The number of hydrogen-bond acceptors (Lipinski definition) is 2. The Balaban J connectivity index is 2.00. The third-order valence-electron chi connectivity index (χ3n) is 3.52. The molecule has 16 heavy (non-hydrogen) atoms. The second-order valence-corrected chi connectivity index (χ2v) is 4.68. The van der Waals surface area contributed by atoms with Gasteiger partial charge in [0.05, 0.1) is 12.2 Å². The van der Waals surface area contributed by atoms with Gasteiger partial charge in [-0.3, -0.25) is 4.79 Å². The lowest BCUT2D eigenvalue weighted by atomic mass is 9.75. The molecular weight excluding hydrogens is 200 g/mol. The summed E-state index contributed by atoms with van der Waals surface area (Å²) < 4.78 is 5.75. The number of para-hydroxylation sites is 1. The number of ether oxygens (including phenoxy) is 1. The van der Waals surface area contributed by atoms with Crippen molar-refractivity contribution >= 4 is 5.78 Å². The lowest BCUT2D eigenvalue weighted by molar-refractivity contribution is 0.0992. The first kappa shape index (κ1) is 11.2. The van der Waals surface area contributed by atoms with Gasteiger partial charge in [0.25, 0.3) is 0 Å². The smallest absolute Gasteiger partial charge is 0.163 e. The average Bonchev–Trinajstić information content (AvgIpc) is 2.27. The number of ketones is 1. The molecule has 1 aliphatic rings. The third kappa shape index (κ3) is 2.26. The molecule has 0 spiro atoms. The minimum absolute atomic E-state index is 0.0669. The Kier molecular flexibility index (Phi) is 3.28. The van der Waals surface area contributed by atoms with E-state index in [1.165, 1.54) is 12.8 Å². The second-order valence-electron chi connectivity index (χ2n) is 4.68. The number of Topliss-reactive ketones (excluding diaryl/α,β-unsaturated/α-hetero) is 1. The van der Waals surface area contributed by atoms with Crippen molar-refractivity contribution in [2.45, 2.75) is 26.7 Å². The van der Waals surface area contributed by atoms with Crippen molar-refractivity contribution in [3.8, 4) is 5.75 Å². The molecule has 0 heterocycles. The van der Waals surface area contributed by atoms with Crippen molar-refractivity contribution in [1.82, 2.24) is 0 Å². The van der Waals surface area contributed by atoms with Crippen molar-refractivity contribution in [3.63, 3.8) is 0 Å². The first-order chi connectivity index (χ1) is 7.68. The molecule has 0 radical (unpaired) electrons. The first-order valence-electron chi connectivity index (χ1n) is 5.91. The summed E-state index contributed by atoms with van der Waals surface area (Å²) in [5.74, 6) is 2.23. The van der Waals surface area contributed by atoms with E-state index in [0.717, 1.165) is 18.3 Å². The fourth-order valence-corrected chi connectivity index (χ4v) is 2.06. The monoisotopic (exact) mass is 218 g/mol. The summed E-state index contributed by atoms with van der Waals surface area (Å²) in [5.41, 5.74) is 0.689. The van der Waals surface area contributed by atoms with Gasteiger partial charge in [-0.25, -0.2) is 0 Å². The molecule has 0 bridgehead atoms. The topological polar surface area (TPSA) is 26.3 Å². The van der Waals surface area contributed by atoms with Gasteiger partial charge in [-0.1, -0.05) is 19.1 Å². The second kappa shape index (κ2) is 4.69.